The topological polar surface area (TPSA) is 15.3 Å². The van der Waals surface area contributed by atoms with Crippen LogP contribution in [0, 0.1) is 0 Å². The highest BCUT2D eigenvalue weighted by molar-refractivity contribution is 7.99. The van der Waals surface area contributed by atoms with E-state index in [1.165, 1.54) is 23.5 Å². The zero-order chi connectivity index (χ0) is 13.7. The van der Waals surface area contributed by atoms with Gasteiger partial charge in [-0.05, 0) is 56.9 Å². The van der Waals surface area contributed by atoms with Crippen LogP contribution in [0.2, 0.25) is 5.02 Å². The summed E-state index contributed by atoms with van der Waals surface area (Å²) in [5.74, 6) is 2.61. The van der Waals surface area contributed by atoms with Crippen LogP contribution in [0.15, 0.2) is 24.3 Å². The molecule has 106 valence electrons. The van der Waals surface area contributed by atoms with Crippen LogP contribution in [0.5, 0.6) is 0 Å². The van der Waals surface area contributed by atoms with Crippen LogP contribution in [-0.2, 0) is 0 Å². The molecule has 1 fully saturated rings. The minimum Gasteiger partial charge on any atom is -0.313 e. The van der Waals surface area contributed by atoms with Gasteiger partial charge in [-0.3, -0.25) is 0 Å². The molecule has 2 rings (SSSR count). The van der Waals surface area contributed by atoms with Crippen LogP contribution >= 0.6 is 23.4 Å². The lowest BCUT2D eigenvalue weighted by molar-refractivity contribution is 0.248. The number of thioether (sulfide) groups is 1. The van der Waals surface area contributed by atoms with Crippen LogP contribution in [0.3, 0.4) is 0 Å². The second kappa shape index (κ2) is 7.53. The molecule has 1 heterocycles. The molecule has 0 saturated carbocycles. The van der Waals surface area contributed by atoms with Gasteiger partial charge in [0.05, 0.1) is 0 Å². The predicted octanol–water partition coefficient (Wildman–Crippen LogP) is 3.43. The normalized spacial score (nSPS) is 20.9. The molecule has 19 heavy (non-hydrogen) atoms. The lowest BCUT2D eigenvalue weighted by atomic mass is 10.0. The van der Waals surface area contributed by atoms with Crippen LogP contribution in [0.25, 0.3) is 0 Å². The maximum atomic E-state index is 5.94. The van der Waals surface area contributed by atoms with Gasteiger partial charge in [0, 0.05) is 22.9 Å². The number of benzene rings is 1. The van der Waals surface area contributed by atoms with Gasteiger partial charge >= 0.3 is 0 Å². The van der Waals surface area contributed by atoms with Gasteiger partial charge < -0.3 is 10.2 Å². The summed E-state index contributed by atoms with van der Waals surface area (Å²) in [6, 6.07) is 9.36. The van der Waals surface area contributed by atoms with E-state index in [9.17, 15) is 0 Å². The Hall–Kier alpha value is -0.220. The van der Waals surface area contributed by atoms with E-state index >= 15 is 0 Å². The molecule has 1 aliphatic rings. The van der Waals surface area contributed by atoms with E-state index in [0.717, 1.165) is 24.0 Å². The molecule has 0 spiro atoms. The van der Waals surface area contributed by atoms with Crippen LogP contribution < -0.4 is 5.32 Å². The van der Waals surface area contributed by atoms with E-state index in [0.29, 0.717) is 6.04 Å². The average molecular weight is 299 g/mol. The molecule has 1 N–H and O–H groups in total. The van der Waals surface area contributed by atoms with E-state index in [-0.39, 0.29) is 0 Å². The van der Waals surface area contributed by atoms with Crippen molar-refractivity contribution in [1.82, 2.24) is 10.2 Å². The molecule has 4 heteroatoms. The highest BCUT2D eigenvalue weighted by Gasteiger charge is 2.20. The molecule has 0 bridgehead atoms. The highest BCUT2D eigenvalue weighted by Crippen LogP contribution is 2.23. The van der Waals surface area contributed by atoms with Gasteiger partial charge in [0.1, 0.15) is 0 Å². The summed E-state index contributed by atoms with van der Waals surface area (Å²) in [6.07, 6.45) is 2.47. The van der Waals surface area contributed by atoms with E-state index in [1.54, 1.807) is 0 Å². The highest BCUT2D eigenvalue weighted by atomic mass is 35.5. The Morgan fingerprint density at radius 2 is 2.16 bits per heavy atom. The summed E-state index contributed by atoms with van der Waals surface area (Å²) in [4.78, 5) is 2.51. The fraction of sp³-hybridized carbons (Fsp3) is 0.600. The Bertz CT molecular complexity index is 376. The molecule has 0 amide bonds. The summed E-state index contributed by atoms with van der Waals surface area (Å²) < 4.78 is 0. The van der Waals surface area contributed by atoms with E-state index in [1.807, 2.05) is 19.2 Å². The first-order valence-electron chi connectivity index (χ1n) is 6.91. The maximum Gasteiger partial charge on any atom is 0.0406 e. The molecule has 2 unspecified atom stereocenters. The maximum absolute atomic E-state index is 5.94. The first-order chi connectivity index (χ1) is 9.20. The zero-order valence-corrected chi connectivity index (χ0v) is 13.3. The van der Waals surface area contributed by atoms with Crippen molar-refractivity contribution in [3.63, 3.8) is 0 Å². The SMILES string of the molecule is CNC(CCN(C)C1CCSC1)c1ccc(Cl)cc1. The van der Waals surface area contributed by atoms with Crippen molar-refractivity contribution in [2.75, 3.05) is 32.1 Å². The number of nitrogens with one attached hydrogen (secondary N) is 1. The molecule has 1 aliphatic heterocycles. The quantitative estimate of drug-likeness (QED) is 0.866. The number of nitrogens with zero attached hydrogens (tertiary/aromatic N) is 1. The van der Waals surface area contributed by atoms with Crippen LogP contribution in [0.1, 0.15) is 24.4 Å². The first-order valence-corrected chi connectivity index (χ1v) is 8.44. The molecule has 2 nitrogen and oxygen atoms in total. The monoisotopic (exact) mass is 298 g/mol. The number of halogens is 1. The molecule has 1 aromatic rings. The lowest BCUT2D eigenvalue weighted by Gasteiger charge is -2.26. The molecule has 0 radical (unpaired) electrons. The molecular formula is C15H23ClN2S. The third-order valence-electron chi connectivity index (χ3n) is 3.92. The van der Waals surface area contributed by atoms with Gasteiger partial charge in [0.15, 0.2) is 0 Å². The fourth-order valence-electron chi connectivity index (χ4n) is 2.56. The Balaban J connectivity index is 1.86. The summed E-state index contributed by atoms with van der Waals surface area (Å²) >= 11 is 8.02. The van der Waals surface area contributed by atoms with Crippen LogP contribution in [-0.4, -0.2) is 43.1 Å². The first kappa shape index (κ1) is 15.2. The molecule has 0 aliphatic carbocycles. The van der Waals surface area contributed by atoms with Gasteiger partial charge in [-0.25, -0.2) is 0 Å². The largest absolute Gasteiger partial charge is 0.313 e. The minimum atomic E-state index is 0.411. The number of rotatable bonds is 6. The molecular weight excluding hydrogens is 276 g/mol. The molecule has 0 aromatic heterocycles. The van der Waals surface area contributed by atoms with Gasteiger partial charge in [0.25, 0.3) is 0 Å². The van der Waals surface area contributed by atoms with Crippen molar-refractivity contribution in [2.24, 2.45) is 0 Å². The Labute approximate surface area is 125 Å². The van der Waals surface area contributed by atoms with Crippen LogP contribution in [0.4, 0.5) is 0 Å². The fourth-order valence-corrected chi connectivity index (χ4v) is 3.98. The molecule has 1 aromatic carbocycles. The van der Waals surface area contributed by atoms with Crippen molar-refractivity contribution < 1.29 is 0 Å². The Morgan fingerprint density at radius 3 is 2.74 bits per heavy atom. The summed E-state index contributed by atoms with van der Waals surface area (Å²) in [6.45, 7) is 1.14. The molecule has 1 saturated heterocycles. The summed E-state index contributed by atoms with van der Waals surface area (Å²) in [5, 5.41) is 4.21. The van der Waals surface area contributed by atoms with Crippen molar-refractivity contribution in [3.8, 4) is 0 Å². The van der Waals surface area contributed by atoms with Gasteiger partial charge in [-0.1, -0.05) is 23.7 Å². The smallest absolute Gasteiger partial charge is 0.0406 e. The Kier molecular flexibility index (Phi) is 6.02. The molecule has 2 atom stereocenters. The van der Waals surface area contributed by atoms with E-state index in [2.05, 4.69) is 41.2 Å². The van der Waals surface area contributed by atoms with Crippen molar-refractivity contribution >= 4 is 23.4 Å². The minimum absolute atomic E-state index is 0.411. The number of hydrogen-bond acceptors (Lipinski definition) is 3. The zero-order valence-electron chi connectivity index (χ0n) is 11.7. The lowest BCUT2D eigenvalue weighted by Crippen LogP contribution is -2.34. The number of hydrogen-bond donors (Lipinski definition) is 1. The van der Waals surface area contributed by atoms with Crippen molar-refractivity contribution in [1.29, 1.82) is 0 Å². The van der Waals surface area contributed by atoms with E-state index in [4.69, 9.17) is 11.6 Å². The third-order valence-corrected chi connectivity index (χ3v) is 5.32. The van der Waals surface area contributed by atoms with Gasteiger partial charge in [-0.2, -0.15) is 11.8 Å². The predicted molar refractivity (Wildman–Crippen MR) is 86.2 cm³/mol. The van der Waals surface area contributed by atoms with Gasteiger partial charge in [-0.15, -0.1) is 0 Å². The second-order valence-electron chi connectivity index (χ2n) is 5.18. The average Bonchev–Trinajstić information content (AvgIpc) is 2.95. The van der Waals surface area contributed by atoms with Crippen molar-refractivity contribution in [3.05, 3.63) is 34.9 Å². The van der Waals surface area contributed by atoms with Gasteiger partial charge in [0.2, 0.25) is 0 Å². The standard InChI is InChI=1S/C15H23ClN2S/c1-17-15(12-3-5-13(16)6-4-12)7-9-18(2)14-8-10-19-11-14/h3-6,14-15,17H,7-11H2,1-2H3. The third kappa shape index (κ3) is 4.38. The second-order valence-corrected chi connectivity index (χ2v) is 6.77. The summed E-state index contributed by atoms with van der Waals surface area (Å²) in [5.41, 5.74) is 1.32. The Morgan fingerprint density at radius 1 is 1.42 bits per heavy atom. The van der Waals surface area contributed by atoms with E-state index < -0.39 is 0 Å². The van der Waals surface area contributed by atoms with Crippen molar-refractivity contribution in [2.45, 2.75) is 24.9 Å². The summed E-state index contributed by atoms with van der Waals surface area (Å²) in [7, 11) is 4.29.